The van der Waals surface area contributed by atoms with Crippen LogP contribution in [-0.2, 0) is 0 Å². The van der Waals surface area contributed by atoms with Gasteiger partial charge in [0.15, 0.2) is 11.5 Å². The van der Waals surface area contributed by atoms with Crippen molar-refractivity contribution in [1.29, 1.82) is 5.26 Å². The summed E-state index contributed by atoms with van der Waals surface area (Å²) in [6.45, 7) is 0. The average molecular weight is 314 g/mol. The Morgan fingerprint density at radius 1 is 1.09 bits per heavy atom. The number of anilines is 1. The van der Waals surface area contributed by atoms with Crippen molar-refractivity contribution in [2.24, 2.45) is 0 Å². The molecule has 112 valence electrons. The Kier molecular flexibility index (Phi) is 5.28. The molecule has 0 aromatic heterocycles. The molecule has 0 saturated heterocycles. The predicted molar refractivity (Wildman–Crippen MR) is 85.4 cm³/mol. The van der Waals surface area contributed by atoms with Gasteiger partial charge < -0.3 is 14.8 Å². The van der Waals surface area contributed by atoms with E-state index in [-0.39, 0.29) is 5.91 Å². The second-order valence-corrected chi connectivity index (χ2v) is 5.10. The molecule has 0 saturated carbocycles. The molecule has 1 N–H and O–H groups in total. The molecule has 0 aliphatic rings. The first-order chi connectivity index (χ1) is 10.7. The van der Waals surface area contributed by atoms with Gasteiger partial charge in [-0.25, -0.2) is 0 Å². The first-order valence-corrected chi connectivity index (χ1v) is 7.19. The summed E-state index contributed by atoms with van der Waals surface area (Å²) in [4.78, 5) is 13.1. The predicted octanol–water partition coefficient (Wildman–Crippen LogP) is 3.53. The molecule has 0 fully saturated rings. The second-order valence-electron chi connectivity index (χ2n) is 4.24. The van der Waals surface area contributed by atoms with Gasteiger partial charge in [-0.15, -0.1) is 0 Å². The molecule has 1 amide bonds. The van der Waals surface area contributed by atoms with Gasteiger partial charge in [-0.1, -0.05) is 0 Å². The number of benzene rings is 2. The Hall–Kier alpha value is -2.65. The van der Waals surface area contributed by atoms with Crippen molar-refractivity contribution in [3.63, 3.8) is 0 Å². The number of hydrogen-bond acceptors (Lipinski definition) is 5. The Bertz CT molecular complexity index is 708. The van der Waals surface area contributed by atoms with Crippen LogP contribution >= 0.6 is 11.8 Å². The summed E-state index contributed by atoms with van der Waals surface area (Å²) < 4.78 is 10.3. The summed E-state index contributed by atoms with van der Waals surface area (Å²) in [5.41, 5.74) is 1.12. The normalized spacial score (nSPS) is 9.68. The minimum atomic E-state index is -0.248. The highest BCUT2D eigenvalue weighted by Gasteiger charge is 2.11. The highest BCUT2D eigenvalue weighted by molar-refractivity contribution is 8.03. The molecule has 0 radical (unpaired) electrons. The van der Waals surface area contributed by atoms with Gasteiger partial charge in [-0.3, -0.25) is 4.79 Å². The largest absolute Gasteiger partial charge is 0.493 e. The van der Waals surface area contributed by atoms with Gasteiger partial charge in [0.25, 0.3) is 5.91 Å². The number of methoxy groups -OCH3 is 2. The van der Waals surface area contributed by atoms with Crippen LogP contribution in [0.3, 0.4) is 0 Å². The van der Waals surface area contributed by atoms with E-state index >= 15 is 0 Å². The van der Waals surface area contributed by atoms with Crippen molar-refractivity contribution in [1.82, 2.24) is 0 Å². The van der Waals surface area contributed by atoms with Crippen molar-refractivity contribution in [3.8, 4) is 16.9 Å². The number of carbonyl (C=O) groups is 1. The third kappa shape index (κ3) is 3.71. The van der Waals surface area contributed by atoms with E-state index < -0.39 is 0 Å². The van der Waals surface area contributed by atoms with E-state index in [0.29, 0.717) is 22.7 Å². The lowest BCUT2D eigenvalue weighted by molar-refractivity contribution is 0.102. The number of rotatable bonds is 5. The van der Waals surface area contributed by atoms with Crippen molar-refractivity contribution in [3.05, 3.63) is 48.0 Å². The van der Waals surface area contributed by atoms with Crippen molar-refractivity contribution in [2.75, 3.05) is 19.5 Å². The maximum atomic E-state index is 12.2. The Balaban J connectivity index is 2.13. The van der Waals surface area contributed by atoms with E-state index in [0.717, 1.165) is 16.7 Å². The lowest BCUT2D eigenvalue weighted by Gasteiger charge is -2.10. The zero-order valence-electron chi connectivity index (χ0n) is 12.1. The van der Waals surface area contributed by atoms with Gasteiger partial charge in [0.1, 0.15) is 5.40 Å². The third-order valence-electron chi connectivity index (χ3n) is 2.92. The number of nitrogens with zero attached hydrogens (tertiary/aromatic N) is 1. The molecule has 2 aromatic carbocycles. The van der Waals surface area contributed by atoms with Crippen molar-refractivity contribution in [2.45, 2.75) is 4.90 Å². The molecule has 0 aliphatic carbocycles. The van der Waals surface area contributed by atoms with Crippen LogP contribution < -0.4 is 14.8 Å². The van der Waals surface area contributed by atoms with Gasteiger partial charge in [0, 0.05) is 16.1 Å². The van der Waals surface area contributed by atoms with E-state index in [1.54, 1.807) is 49.6 Å². The van der Waals surface area contributed by atoms with Crippen LogP contribution in [0.5, 0.6) is 11.5 Å². The van der Waals surface area contributed by atoms with E-state index in [1.807, 2.05) is 5.40 Å². The highest BCUT2D eigenvalue weighted by Crippen LogP contribution is 2.28. The van der Waals surface area contributed by atoms with Crippen LogP contribution in [0, 0.1) is 10.7 Å². The summed E-state index contributed by atoms with van der Waals surface area (Å²) >= 11 is 1.07. The molecular formula is C16H14N2O3S. The number of thioether (sulfide) groups is 1. The molecule has 22 heavy (non-hydrogen) atoms. The van der Waals surface area contributed by atoms with Crippen LogP contribution in [0.15, 0.2) is 47.4 Å². The van der Waals surface area contributed by atoms with Gasteiger partial charge >= 0.3 is 0 Å². The lowest BCUT2D eigenvalue weighted by Crippen LogP contribution is -2.12. The van der Waals surface area contributed by atoms with Gasteiger partial charge in [0.2, 0.25) is 0 Å². The van der Waals surface area contributed by atoms with Crippen LogP contribution in [0.4, 0.5) is 5.69 Å². The number of thiocyanates is 1. The van der Waals surface area contributed by atoms with Crippen LogP contribution in [0.1, 0.15) is 10.4 Å². The summed E-state index contributed by atoms with van der Waals surface area (Å²) in [7, 11) is 3.06. The van der Waals surface area contributed by atoms with Crippen LogP contribution in [0.2, 0.25) is 0 Å². The molecule has 0 spiro atoms. The fraction of sp³-hybridized carbons (Fsp3) is 0.125. The monoisotopic (exact) mass is 314 g/mol. The minimum Gasteiger partial charge on any atom is -0.493 e. The summed E-state index contributed by atoms with van der Waals surface area (Å²) in [6, 6.07) is 12.0. The Morgan fingerprint density at radius 2 is 1.77 bits per heavy atom. The van der Waals surface area contributed by atoms with Crippen molar-refractivity contribution >= 4 is 23.4 Å². The molecule has 5 nitrogen and oxygen atoms in total. The maximum absolute atomic E-state index is 12.2. The SMILES string of the molecule is COc1ccc(C(=O)Nc2ccc(SC#N)cc2)cc1OC. The van der Waals surface area contributed by atoms with Gasteiger partial charge in [-0.2, -0.15) is 5.26 Å². The molecule has 0 unspecified atom stereocenters. The molecule has 0 heterocycles. The summed E-state index contributed by atoms with van der Waals surface area (Å²) in [5, 5.41) is 13.4. The van der Waals surface area contributed by atoms with Crippen LogP contribution in [-0.4, -0.2) is 20.1 Å². The fourth-order valence-corrected chi connectivity index (χ4v) is 2.22. The molecule has 2 rings (SSSR count). The standard InChI is InChI=1S/C16H14N2O3S/c1-20-14-8-3-11(9-15(14)21-2)16(19)18-12-4-6-13(7-5-12)22-10-17/h3-9H,1-2H3,(H,18,19). The number of ether oxygens (including phenoxy) is 2. The van der Waals surface area contributed by atoms with E-state index in [2.05, 4.69) is 5.32 Å². The van der Waals surface area contributed by atoms with Gasteiger partial charge in [0.05, 0.1) is 14.2 Å². The first-order valence-electron chi connectivity index (χ1n) is 6.37. The Morgan fingerprint density at radius 3 is 2.36 bits per heavy atom. The van der Waals surface area contributed by atoms with E-state index in [4.69, 9.17) is 14.7 Å². The fourth-order valence-electron chi connectivity index (χ4n) is 1.84. The number of hydrogen-bond donors (Lipinski definition) is 1. The Labute approximate surface area is 132 Å². The van der Waals surface area contributed by atoms with E-state index in [9.17, 15) is 4.79 Å². The number of nitrogens with one attached hydrogen (secondary N) is 1. The second kappa shape index (κ2) is 7.38. The molecule has 2 aromatic rings. The topological polar surface area (TPSA) is 71.3 Å². The third-order valence-corrected chi connectivity index (χ3v) is 3.52. The molecule has 6 heteroatoms. The molecule has 0 aliphatic heterocycles. The summed E-state index contributed by atoms with van der Waals surface area (Å²) in [5.74, 6) is 0.814. The molecular weight excluding hydrogens is 300 g/mol. The quantitative estimate of drug-likeness (QED) is 0.675. The molecule has 0 atom stereocenters. The van der Waals surface area contributed by atoms with Crippen LogP contribution in [0.25, 0.3) is 0 Å². The maximum Gasteiger partial charge on any atom is 0.255 e. The smallest absolute Gasteiger partial charge is 0.255 e. The zero-order chi connectivity index (χ0) is 15.9. The van der Waals surface area contributed by atoms with E-state index in [1.165, 1.54) is 7.11 Å². The number of amides is 1. The molecule has 0 bridgehead atoms. The summed E-state index contributed by atoms with van der Waals surface area (Å²) in [6.07, 6.45) is 0. The number of carbonyl (C=O) groups excluding carboxylic acids is 1. The van der Waals surface area contributed by atoms with Gasteiger partial charge in [-0.05, 0) is 54.2 Å². The number of nitriles is 1. The van der Waals surface area contributed by atoms with Crippen molar-refractivity contribution < 1.29 is 14.3 Å². The highest BCUT2D eigenvalue weighted by atomic mass is 32.2. The first kappa shape index (κ1) is 15.7. The lowest BCUT2D eigenvalue weighted by atomic mass is 10.2. The zero-order valence-corrected chi connectivity index (χ0v) is 12.9. The minimum absolute atomic E-state index is 0.248. The average Bonchev–Trinajstić information content (AvgIpc) is 2.56.